The number of esters is 1. The van der Waals surface area contributed by atoms with Crippen molar-refractivity contribution >= 4 is 27.4 Å². The maximum absolute atomic E-state index is 12.4. The molecule has 0 amide bonds. The number of benzene rings is 1. The molecule has 0 aliphatic heterocycles. The highest BCUT2D eigenvalue weighted by Crippen LogP contribution is 2.34. The van der Waals surface area contributed by atoms with Crippen molar-refractivity contribution < 1.29 is 14.3 Å². The molecule has 1 aromatic carbocycles. The summed E-state index contributed by atoms with van der Waals surface area (Å²) in [5, 5.41) is 4.60. The molecule has 1 aliphatic rings. The van der Waals surface area contributed by atoms with Crippen molar-refractivity contribution in [2.24, 2.45) is 0 Å². The van der Waals surface area contributed by atoms with Gasteiger partial charge in [-0.1, -0.05) is 30.3 Å². The van der Waals surface area contributed by atoms with Gasteiger partial charge in [-0.2, -0.15) is 5.10 Å². The fourth-order valence-electron chi connectivity index (χ4n) is 4.32. The Morgan fingerprint density at radius 2 is 1.87 bits per heavy atom. The van der Waals surface area contributed by atoms with Gasteiger partial charge in [-0.25, -0.2) is 9.31 Å². The summed E-state index contributed by atoms with van der Waals surface area (Å²) >= 11 is 3.63. The molecule has 1 saturated carbocycles. The Balaban J connectivity index is 1.46. The Morgan fingerprint density at radius 3 is 2.57 bits per heavy atom. The van der Waals surface area contributed by atoms with Crippen molar-refractivity contribution in [2.45, 2.75) is 58.2 Å². The van der Waals surface area contributed by atoms with Gasteiger partial charge < -0.3 is 9.47 Å². The molecule has 0 bridgehead atoms. The molecule has 1 fully saturated rings. The van der Waals surface area contributed by atoms with Crippen LogP contribution in [0.1, 0.15) is 65.8 Å². The number of pyridine rings is 1. The maximum atomic E-state index is 12.4. The number of ether oxygens (including phenoxy) is 2. The number of rotatable bonds is 6. The van der Waals surface area contributed by atoms with Gasteiger partial charge in [0.25, 0.3) is 0 Å². The molecule has 6 heteroatoms. The van der Waals surface area contributed by atoms with Crippen molar-refractivity contribution in [2.75, 3.05) is 6.61 Å². The zero-order valence-electron chi connectivity index (χ0n) is 17.4. The molecule has 4 rings (SSSR count). The number of nitrogens with zero attached hydrogens (tertiary/aromatic N) is 2. The molecule has 0 radical (unpaired) electrons. The first-order valence-corrected chi connectivity index (χ1v) is 11.4. The van der Waals surface area contributed by atoms with E-state index in [0.29, 0.717) is 30.4 Å². The van der Waals surface area contributed by atoms with Crippen molar-refractivity contribution in [3.8, 4) is 0 Å². The van der Waals surface area contributed by atoms with Gasteiger partial charge in [0.15, 0.2) is 0 Å². The topological polar surface area (TPSA) is 52.8 Å². The van der Waals surface area contributed by atoms with Gasteiger partial charge in [0.05, 0.1) is 36.2 Å². The lowest BCUT2D eigenvalue weighted by Crippen LogP contribution is -2.21. The lowest BCUT2D eigenvalue weighted by molar-refractivity contribution is 0.0107. The number of halogens is 1. The lowest BCUT2D eigenvalue weighted by Gasteiger charge is -2.29. The second kappa shape index (κ2) is 9.31. The van der Waals surface area contributed by atoms with Crippen LogP contribution in [0.15, 0.2) is 46.9 Å². The maximum Gasteiger partial charge on any atom is 0.342 e. The monoisotopic (exact) mass is 470 g/mol. The minimum absolute atomic E-state index is 0.244. The summed E-state index contributed by atoms with van der Waals surface area (Å²) in [5.74, 6) is 0.292. The van der Waals surface area contributed by atoms with E-state index in [0.717, 1.165) is 41.4 Å². The molecule has 0 unspecified atom stereocenters. The molecule has 30 heavy (non-hydrogen) atoms. The Labute approximate surface area is 185 Å². The van der Waals surface area contributed by atoms with Gasteiger partial charge in [0, 0.05) is 4.47 Å². The highest BCUT2D eigenvalue weighted by atomic mass is 79.9. The lowest BCUT2D eigenvalue weighted by atomic mass is 9.83. The molecule has 2 heterocycles. The highest BCUT2D eigenvalue weighted by molar-refractivity contribution is 9.10. The second-order valence-electron chi connectivity index (χ2n) is 7.80. The molecule has 0 spiro atoms. The third-order valence-corrected chi connectivity index (χ3v) is 6.62. The fourth-order valence-corrected chi connectivity index (χ4v) is 4.74. The van der Waals surface area contributed by atoms with E-state index in [2.05, 4.69) is 51.4 Å². The average Bonchev–Trinajstić information content (AvgIpc) is 3.10. The molecule has 1 aliphatic carbocycles. The number of fused-ring (bicyclic) bond motifs is 1. The highest BCUT2D eigenvalue weighted by Gasteiger charge is 2.24. The van der Waals surface area contributed by atoms with Gasteiger partial charge in [-0.3, -0.25) is 0 Å². The molecule has 0 N–H and O–H groups in total. The van der Waals surface area contributed by atoms with Crippen LogP contribution in [0.2, 0.25) is 0 Å². The van der Waals surface area contributed by atoms with Crippen LogP contribution in [-0.2, 0) is 16.1 Å². The molecular weight excluding hydrogens is 444 g/mol. The summed E-state index contributed by atoms with van der Waals surface area (Å²) in [6, 6.07) is 14.6. The van der Waals surface area contributed by atoms with Crippen LogP contribution in [0.25, 0.3) is 5.52 Å². The van der Waals surface area contributed by atoms with Crippen molar-refractivity contribution in [3.63, 3.8) is 0 Å². The summed E-state index contributed by atoms with van der Waals surface area (Å²) in [6.07, 6.45) is 4.65. The fraction of sp³-hybridized carbons (Fsp3) is 0.417. The van der Waals surface area contributed by atoms with Crippen LogP contribution in [0, 0.1) is 6.92 Å². The first kappa shape index (κ1) is 21.1. The molecule has 3 aromatic rings. The van der Waals surface area contributed by atoms with Crippen LogP contribution >= 0.6 is 15.9 Å². The van der Waals surface area contributed by atoms with E-state index in [1.54, 1.807) is 11.4 Å². The van der Waals surface area contributed by atoms with Crippen LogP contribution in [0.4, 0.5) is 0 Å². The molecule has 0 atom stereocenters. The third kappa shape index (κ3) is 4.30. The Morgan fingerprint density at radius 1 is 1.13 bits per heavy atom. The molecular formula is C24H27BrN2O3. The number of carbonyl (C=O) groups excluding carboxylic acids is 1. The minimum atomic E-state index is -0.335. The normalized spacial score (nSPS) is 19.2. The molecule has 158 valence electrons. The van der Waals surface area contributed by atoms with Gasteiger partial charge in [-0.15, -0.1) is 0 Å². The zero-order valence-corrected chi connectivity index (χ0v) is 19.0. The van der Waals surface area contributed by atoms with Crippen LogP contribution in [0.5, 0.6) is 0 Å². The van der Waals surface area contributed by atoms with Gasteiger partial charge in [-0.05, 0) is 79.1 Å². The summed E-state index contributed by atoms with van der Waals surface area (Å²) in [4.78, 5) is 12.4. The van der Waals surface area contributed by atoms with Gasteiger partial charge in [0.1, 0.15) is 5.56 Å². The standard InChI is InChI=1S/C24H27BrN2O3/c1-3-29-24(28)23-16(2)26-27-21(23)14-13-20(25)22(27)15-30-19-11-9-18(10-12-19)17-7-5-4-6-8-17/h4-8,13-14,18-19H,3,9-12,15H2,1-2H3/t18-,19+. The zero-order chi connectivity index (χ0) is 21.1. The number of aromatic nitrogens is 2. The van der Waals surface area contributed by atoms with Crippen LogP contribution in [0.3, 0.4) is 0 Å². The Bertz CT molecular complexity index is 1020. The van der Waals surface area contributed by atoms with Crippen LogP contribution in [-0.4, -0.2) is 28.3 Å². The van der Waals surface area contributed by atoms with Crippen LogP contribution < -0.4 is 0 Å². The summed E-state index contributed by atoms with van der Waals surface area (Å²) in [6.45, 7) is 4.43. The molecule has 0 saturated heterocycles. The Kier molecular flexibility index (Phi) is 6.54. The predicted molar refractivity (Wildman–Crippen MR) is 120 cm³/mol. The van der Waals surface area contributed by atoms with E-state index in [1.807, 2.05) is 19.1 Å². The quantitative estimate of drug-likeness (QED) is 0.425. The minimum Gasteiger partial charge on any atom is -0.462 e. The van der Waals surface area contributed by atoms with E-state index >= 15 is 0 Å². The third-order valence-electron chi connectivity index (χ3n) is 5.90. The van der Waals surface area contributed by atoms with Crippen molar-refractivity contribution in [3.05, 3.63) is 69.5 Å². The summed E-state index contributed by atoms with van der Waals surface area (Å²) < 4.78 is 14.2. The van der Waals surface area contributed by atoms with E-state index < -0.39 is 0 Å². The number of hydrogen-bond donors (Lipinski definition) is 0. The van der Waals surface area contributed by atoms with Gasteiger partial charge >= 0.3 is 5.97 Å². The molecule has 2 aromatic heterocycles. The Hall–Kier alpha value is -2.18. The predicted octanol–water partition coefficient (Wildman–Crippen LogP) is 5.82. The van der Waals surface area contributed by atoms with Crippen molar-refractivity contribution in [1.29, 1.82) is 0 Å². The number of carbonyl (C=O) groups is 1. The average molecular weight is 471 g/mol. The van der Waals surface area contributed by atoms with Gasteiger partial charge in [0.2, 0.25) is 0 Å². The number of aryl methyl sites for hydroxylation is 1. The number of hydrogen-bond acceptors (Lipinski definition) is 4. The SMILES string of the molecule is CCOC(=O)c1c(C)nn2c(CO[C@H]3CC[C@@H](c4ccccc4)CC3)c(Br)ccc12. The molecule has 5 nitrogen and oxygen atoms in total. The van der Waals surface area contributed by atoms with E-state index in [-0.39, 0.29) is 12.1 Å². The largest absolute Gasteiger partial charge is 0.462 e. The summed E-state index contributed by atoms with van der Waals surface area (Å²) in [5.41, 5.74) is 4.28. The first-order valence-electron chi connectivity index (χ1n) is 10.6. The summed E-state index contributed by atoms with van der Waals surface area (Å²) in [7, 11) is 0. The van der Waals surface area contributed by atoms with E-state index in [1.165, 1.54) is 5.56 Å². The van der Waals surface area contributed by atoms with E-state index in [9.17, 15) is 4.79 Å². The van der Waals surface area contributed by atoms with Crippen molar-refractivity contribution in [1.82, 2.24) is 9.61 Å². The smallest absolute Gasteiger partial charge is 0.342 e. The second-order valence-corrected chi connectivity index (χ2v) is 8.66. The first-order chi connectivity index (χ1) is 14.6. The van der Waals surface area contributed by atoms with E-state index in [4.69, 9.17) is 9.47 Å².